The van der Waals surface area contributed by atoms with Crippen molar-refractivity contribution in [3.8, 4) is 22.3 Å². The second-order valence-corrected chi connectivity index (χ2v) is 9.75. The predicted molar refractivity (Wildman–Crippen MR) is 177 cm³/mol. The maximum atomic E-state index is 9.39. The summed E-state index contributed by atoms with van der Waals surface area (Å²) >= 11 is 0. The Bertz CT molecular complexity index is 2730. The minimum atomic E-state index is -0.642. The number of rotatable bonds is 5. The van der Waals surface area contributed by atoms with Crippen LogP contribution in [0.2, 0.25) is 0 Å². The Morgan fingerprint density at radius 2 is 1.02 bits per heavy atom. The first-order valence-electron chi connectivity index (χ1n) is 18.9. The molecule has 0 atom stereocenters. The normalized spacial score (nSPS) is 15.0. The van der Waals surface area contributed by atoms with E-state index in [1.807, 2.05) is 78.9 Å². The summed E-state index contributed by atoms with van der Waals surface area (Å²) in [7, 11) is 0. The molecule has 8 rings (SSSR count). The highest BCUT2D eigenvalue weighted by molar-refractivity contribution is 6.08. The van der Waals surface area contributed by atoms with Crippen LogP contribution in [0.4, 0.5) is 17.1 Å². The highest BCUT2D eigenvalue weighted by atomic mass is 16.3. The van der Waals surface area contributed by atoms with Gasteiger partial charge >= 0.3 is 0 Å². The lowest BCUT2D eigenvalue weighted by molar-refractivity contribution is 0.669. The van der Waals surface area contributed by atoms with Gasteiger partial charge < -0.3 is 9.32 Å². The lowest BCUT2D eigenvalue weighted by Crippen LogP contribution is -2.09. The monoisotopic (exact) mass is 548 g/mol. The zero-order valence-electron chi connectivity index (χ0n) is 33.1. The largest absolute Gasteiger partial charge is 0.456 e. The molecule has 0 aliphatic rings. The standard InChI is InChI=1S/C40H27NO/c1-4-12-28(13-5-1)37-24-29-14-10-11-15-30(29)25-38(37)31-20-22-35-36-23-21-34(27-40(36)42-39(35)26-31)41(32-16-6-2-7-17-32)33-18-8-3-9-19-33/h1-27H/i1D,4D,5D,10D,11D,12D,13D,14D,15D,24D,25D. The van der Waals surface area contributed by atoms with Crippen LogP contribution in [-0.2, 0) is 0 Å². The molecule has 1 aromatic heterocycles. The van der Waals surface area contributed by atoms with Crippen molar-refractivity contribution in [2.75, 3.05) is 4.90 Å². The maximum absolute atomic E-state index is 9.39. The summed E-state index contributed by atoms with van der Waals surface area (Å²) in [5.41, 5.74) is 3.40. The number of anilines is 3. The molecule has 42 heavy (non-hydrogen) atoms. The van der Waals surface area contributed by atoms with E-state index in [1.165, 1.54) is 0 Å². The molecule has 0 radical (unpaired) electrons. The molecular formula is C40H27NO. The van der Waals surface area contributed by atoms with Crippen molar-refractivity contribution < 1.29 is 19.5 Å². The smallest absolute Gasteiger partial charge is 0.137 e. The lowest BCUT2D eigenvalue weighted by Gasteiger charge is -2.25. The Hall–Kier alpha value is -5.60. The molecular weight excluding hydrogens is 510 g/mol. The van der Waals surface area contributed by atoms with Gasteiger partial charge in [0.15, 0.2) is 0 Å². The molecule has 0 amide bonds. The van der Waals surface area contributed by atoms with Crippen LogP contribution in [-0.4, -0.2) is 0 Å². The minimum absolute atomic E-state index is 0.0339. The summed E-state index contributed by atoms with van der Waals surface area (Å²) in [4.78, 5) is 2.10. The van der Waals surface area contributed by atoms with Crippen LogP contribution in [0, 0.1) is 0 Å². The van der Waals surface area contributed by atoms with Gasteiger partial charge in [-0.15, -0.1) is 0 Å². The van der Waals surface area contributed by atoms with E-state index in [4.69, 9.17) is 16.8 Å². The third kappa shape index (κ3) is 4.22. The minimum Gasteiger partial charge on any atom is -0.456 e. The van der Waals surface area contributed by atoms with Crippen molar-refractivity contribution in [2.45, 2.75) is 0 Å². The molecule has 0 aliphatic heterocycles. The lowest BCUT2D eigenvalue weighted by atomic mass is 9.91. The van der Waals surface area contributed by atoms with E-state index in [1.54, 1.807) is 18.2 Å². The molecule has 0 spiro atoms. The van der Waals surface area contributed by atoms with Gasteiger partial charge in [-0.1, -0.05) is 96.8 Å². The van der Waals surface area contributed by atoms with Crippen LogP contribution in [0.15, 0.2) is 168 Å². The van der Waals surface area contributed by atoms with Gasteiger partial charge in [0.2, 0.25) is 0 Å². The summed E-state index contributed by atoms with van der Waals surface area (Å²) < 4.78 is 101. The van der Waals surface area contributed by atoms with E-state index >= 15 is 0 Å². The first kappa shape index (κ1) is 15.4. The highest BCUT2D eigenvalue weighted by Crippen LogP contribution is 2.41. The summed E-state index contributed by atoms with van der Waals surface area (Å²) in [5, 5.41) is 1.04. The van der Waals surface area contributed by atoms with E-state index in [0.717, 1.165) is 27.8 Å². The topological polar surface area (TPSA) is 16.4 Å². The molecule has 7 aromatic carbocycles. The zero-order valence-corrected chi connectivity index (χ0v) is 22.1. The van der Waals surface area contributed by atoms with E-state index < -0.39 is 60.4 Å². The fourth-order valence-corrected chi connectivity index (χ4v) is 5.32. The third-order valence-corrected chi connectivity index (χ3v) is 7.22. The fourth-order valence-electron chi connectivity index (χ4n) is 5.32. The summed E-state index contributed by atoms with van der Waals surface area (Å²) in [6, 6.07) is 24.5. The van der Waals surface area contributed by atoms with Crippen molar-refractivity contribution in [2.24, 2.45) is 0 Å². The average molecular weight is 549 g/mol. The molecule has 0 unspecified atom stereocenters. The second kappa shape index (κ2) is 10.1. The Morgan fingerprint density at radius 1 is 0.476 bits per heavy atom. The van der Waals surface area contributed by atoms with Gasteiger partial charge in [-0.2, -0.15) is 0 Å². The molecule has 8 aromatic rings. The summed E-state index contributed by atoms with van der Waals surface area (Å²) in [6.45, 7) is 0. The average Bonchev–Trinajstić information content (AvgIpc) is 3.54. The van der Waals surface area contributed by atoms with Gasteiger partial charge in [0.1, 0.15) is 11.2 Å². The van der Waals surface area contributed by atoms with Crippen molar-refractivity contribution in [3.63, 3.8) is 0 Å². The van der Waals surface area contributed by atoms with Crippen LogP contribution in [0.25, 0.3) is 55.0 Å². The van der Waals surface area contributed by atoms with Crippen LogP contribution < -0.4 is 4.90 Å². The predicted octanol–water partition coefficient (Wildman–Crippen LogP) is 11.5. The number of hydrogen-bond acceptors (Lipinski definition) is 2. The van der Waals surface area contributed by atoms with E-state index in [0.29, 0.717) is 16.7 Å². The molecule has 0 N–H and O–H groups in total. The Balaban J connectivity index is 1.40. The zero-order chi connectivity index (χ0) is 37.5. The fraction of sp³-hybridized carbons (Fsp3) is 0. The van der Waals surface area contributed by atoms with Crippen molar-refractivity contribution in [1.29, 1.82) is 0 Å². The Kier molecular flexibility index (Phi) is 3.71. The van der Waals surface area contributed by atoms with E-state index in [2.05, 4.69) is 4.90 Å². The number of hydrogen-bond donors (Lipinski definition) is 0. The second-order valence-electron chi connectivity index (χ2n) is 9.75. The number of benzene rings is 7. The van der Waals surface area contributed by atoms with Gasteiger partial charge in [-0.3, -0.25) is 0 Å². The van der Waals surface area contributed by atoms with Crippen LogP contribution >= 0.6 is 0 Å². The van der Waals surface area contributed by atoms with Gasteiger partial charge in [0.25, 0.3) is 0 Å². The quantitative estimate of drug-likeness (QED) is 0.213. The maximum Gasteiger partial charge on any atom is 0.137 e. The molecule has 0 fully saturated rings. The van der Waals surface area contributed by atoms with Crippen LogP contribution in [0.1, 0.15) is 15.1 Å². The molecule has 0 bridgehead atoms. The third-order valence-electron chi connectivity index (χ3n) is 7.22. The van der Waals surface area contributed by atoms with Crippen molar-refractivity contribution >= 4 is 49.8 Å². The van der Waals surface area contributed by atoms with Crippen LogP contribution in [0.5, 0.6) is 0 Å². The first-order valence-corrected chi connectivity index (χ1v) is 13.4. The Labute approximate surface area is 260 Å². The highest BCUT2D eigenvalue weighted by Gasteiger charge is 2.16. The molecule has 1 heterocycles. The van der Waals surface area contributed by atoms with Gasteiger partial charge in [0, 0.05) is 33.9 Å². The molecule has 0 saturated carbocycles. The molecule has 2 nitrogen and oxygen atoms in total. The number of fused-ring (bicyclic) bond motifs is 4. The van der Waals surface area contributed by atoms with Gasteiger partial charge in [-0.25, -0.2) is 0 Å². The van der Waals surface area contributed by atoms with Crippen LogP contribution in [0.3, 0.4) is 0 Å². The first-order chi connectivity index (χ1) is 25.4. The molecule has 2 heteroatoms. The van der Waals surface area contributed by atoms with Crippen molar-refractivity contribution in [1.82, 2.24) is 0 Å². The molecule has 0 aliphatic carbocycles. The summed E-state index contributed by atoms with van der Waals surface area (Å²) in [6.07, 6.45) is 0. The van der Waals surface area contributed by atoms with Gasteiger partial charge in [-0.05, 0) is 93.6 Å². The molecule has 0 saturated heterocycles. The number of para-hydroxylation sites is 2. The summed E-state index contributed by atoms with van der Waals surface area (Å²) in [5.74, 6) is 0. The van der Waals surface area contributed by atoms with E-state index in [-0.39, 0.29) is 33.5 Å². The molecule has 198 valence electrons. The Morgan fingerprint density at radius 3 is 1.67 bits per heavy atom. The van der Waals surface area contributed by atoms with E-state index in [9.17, 15) is 2.74 Å². The van der Waals surface area contributed by atoms with Crippen molar-refractivity contribution in [3.05, 3.63) is 164 Å². The SMILES string of the molecule is [2H]c1c([2H])c([2H])c(-c2c(-c3ccc4c(c3)oc3cc(N(c5ccccc5)c5ccccc5)ccc34)c([2H])c3c([2H])c([2H])c([2H])c([2H])c3c2[2H])c([2H])c1[2H]. The number of nitrogens with zero attached hydrogens (tertiary/aromatic N) is 1. The van der Waals surface area contributed by atoms with Gasteiger partial charge in [0.05, 0.1) is 15.1 Å². The number of furan rings is 1.